The molecular weight excluding hydrogens is 324 g/mol. The minimum Gasteiger partial charge on any atom is -0.503 e. The summed E-state index contributed by atoms with van der Waals surface area (Å²) in [4.78, 5) is 22.4. The van der Waals surface area contributed by atoms with Gasteiger partial charge in [-0.15, -0.1) is 0 Å². The lowest BCUT2D eigenvalue weighted by atomic mass is 10.0. The molecule has 25 heavy (non-hydrogen) atoms. The summed E-state index contributed by atoms with van der Waals surface area (Å²) in [6.45, 7) is 0.100. The topological polar surface area (TPSA) is 82.1 Å². The van der Waals surface area contributed by atoms with E-state index in [-0.39, 0.29) is 12.2 Å². The molecule has 0 saturated heterocycles. The summed E-state index contributed by atoms with van der Waals surface area (Å²) in [5.74, 6) is -0.224. The van der Waals surface area contributed by atoms with Crippen molar-refractivity contribution < 1.29 is 28.9 Å². The molecule has 0 amide bonds. The predicted molar refractivity (Wildman–Crippen MR) is 91.8 cm³/mol. The molecule has 0 spiro atoms. The van der Waals surface area contributed by atoms with E-state index in [4.69, 9.17) is 14.2 Å². The van der Waals surface area contributed by atoms with E-state index in [0.717, 1.165) is 0 Å². The zero-order valence-corrected chi connectivity index (χ0v) is 13.9. The molecule has 2 aromatic carbocycles. The van der Waals surface area contributed by atoms with Gasteiger partial charge in [-0.05, 0) is 29.3 Å². The molecule has 0 unspecified atom stereocenters. The fourth-order valence-corrected chi connectivity index (χ4v) is 2.29. The number of ether oxygens (including phenoxy) is 3. The van der Waals surface area contributed by atoms with Crippen molar-refractivity contribution in [3.05, 3.63) is 65.4 Å². The van der Waals surface area contributed by atoms with Gasteiger partial charge < -0.3 is 19.3 Å². The molecule has 2 rings (SSSR count). The third-order valence-corrected chi connectivity index (χ3v) is 3.48. The number of carboxylic acid groups (broad SMARTS) is 1. The van der Waals surface area contributed by atoms with Gasteiger partial charge in [0.05, 0.1) is 20.5 Å². The molecule has 0 aliphatic heterocycles. The number of methoxy groups -OCH3 is 2. The Kier molecular flexibility index (Phi) is 6.17. The molecule has 0 aliphatic carbocycles. The normalized spacial score (nSPS) is 10.9. The van der Waals surface area contributed by atoms with E-state index >= 15 is 0 Å². The molecule has 0 saturated carbocycles. The predicted octanol–water partition coefficient (Wildman–Crippen LogP) is 3.16. The van der Waals surface area contributed by atoms with Crippen LogP contribution in [0.4, 0.5) is 0 Å². The van der Waals surface area contributed by atoms with Crippen LogP contribution in [0.3, 0.4) is 0 Å². The first-order valence-electron chi connectivity index (χ1n) is 7.41. The van der Waals surface area contributed by atoms with Crippen molar-refractivity contribution in [3.8, 4) is 11.5 Å². The maximum atomic E-state index is 11.5. The van der Waals surface area contributed by atoms with Gasteiger partial charge in [0, 0.05) is 5.56 Å². The van der Waals surface area contributed by atoms with Gasteiger partial charge in [-0.1, -0.05) is 24.3 Å². The van der Waals surface area contributed by atoms with Crippen LogP contribution in [0.1, 0.15) is 21.5 Å². The number of aldehydes is 1. The quantitative estimate of drug-likeness (QED) is 0.451. The Labute approximate surface area is 145 Å². The number of aliphatic carboxylic acids is 1. The zero-order chi connectivity index (χ0) is 18.2. The summed E-state index contributed by atoms with van der Waals surface area (Å²) in [5.41, 5.74) is 1.62. The smallest absolute Gasteiger partial charge is 0.339 e. The summed E-state index contributed by atoms with van der Waals surface area (Å²) in [5, 5.41) is 9.37. The van der Waals surface area contributed by atoms with Crippen LogP contribution in [-0.4, -0.2) is 31.6 Å². The highest BCUT2D eigenvalue weighted by atomic mass is 16.5. The van der Waals surface area contributed by atoms with Crippen LogP contribution in [0.2, 0.25) is 0 Å². The second-order valence-electron chi connectivity index (χ2n) is 5.05. The largest absolute Gasteiger partial charge is 0.503 e. The maximum Gasteiger partial charge on any atom is 0.339 e. The van der Waals surface area contributed by atoms with Crippen LogP contribution in [0.25, 0.3) is 5.57 Å². The standard InChI is InChI=1S/C19H18O6/c1-23-12-16(19(21)22)15-6-4-3-5-14(15)11-25-18-9-13(10-20)7-8-17(18)24-2/h3-10,12H,11H2,1-2H3,(H,21,22)/b16-12+. The second kappa shape index (κ2) is 8.54. The van der Waals surface area contributed by atoms with Crippen molar-refractivity contribution in [2.75, 3.05) is 14.2 Å². The first-order chi connectivity index (χ1) is 12.1. The van der Waals surface area contributed by atoms with Crippen LogP contribution < -0.4 is 9.47 Å². The van der Waals surface area contributed by atoms with Crippen LogP contribution in [0.5, 0.6) is 11.5 Å². The highest BCUT2D eigenvalue weighted by Gasteiger charge is 2.16. The highest BCUT2D eigenvalue weighted by Crippen LogP contribution is 2.29. The van der Waals surface area contributed by atoms with E-state index in [9.17, 15) is 14.7 Å². The van der Waals surface area contributed by atoms with Gasteiger partial charge in [0.25, 0.3) is 0 Å². The van der Waals surface area contributed by atoms with Gasteiger partial charge >= 0.3 is 5.97 Å². The molecule has 0 aliphatic rings. The Bertz CT molecular complexity index is 794. The molecular formula is C19H18O6. The van der Waals surface area contributed by atoms with Gasteiger partial charge in [-0.2, -0.15) is 0 Å². The molecule has 130 valence electrons. The van der Waals surface area contributed by atoms with Crippen LogP contribution in [0, 0.1) is 0 Å². The molecule has 6 nitrogen and oxygen atoms in total. The van der Waals surface area contributed by atoms with Crippen LogP contribution >= 0.6 is 0 Å². The number of hydrogen-bond donors (Lipinski definition) is 1. The minimum atomic E-state index is -1.10. The summed E-state index contributed by atoms with van der Waals surface area (Å²) in [7, 11) is 2.89. The van der Waals surface area contributed by atoms with Gasteiger partial charge in [0.2, 0.25) is 0 Å². The molecule has 6 heteroatoms. The fourth-order valence-electron chi connectivity index (χ4n) is 2.29. The average molecular weight is 342 g/mol. The first kappa shape index (κ1) is 18.1. The Morgan fingerprint density at radius 1 is 1.12 bits per heavy atom. The molecule has 0 bridgehead atoms. The molecule has 0 atom stereocenters. The molecule has 0 fully saturated rings. The summed E-state index contributed by atoms with van der Waals surface area (Å²) in [6.07, 6.45) is 1.89. The maximum absolute atomic E-state index is 11.5. The molecule has 1 N–H and O–H groups in total. The monoisotopic (exact) mass is 342 g/mol. The zero-order valence-electron chi connectivity index (χ0n) is 13.9. The first-order valence-corrected chi connectivity index (χ1v) is 7.41. The number of carbonyl (C=O) groups excluding carboxylic acids is 1. The Balaban J connectivity index is 2.32. The van der Waals surface area contributed by atoms with E-state index in [1.165, 1.54) is 20.5 Å². The van der Waals surface area contributed by atoms with Crippen molar-refractivity contribution in [3.63, 3.8) is 0 Å². The van der Waals surface area contributed by atoms with Crippen molar-refractivity contribution in [2.45, 2.75) is 6.61 Å². The van der Waals surface area contributed by atoms with Crippen LogP contribution in [-0.2, 0) is 16.1 Å². The van der Waals surface area contributed by atoms with Crippen molar-refractivity contribution in [1.82, 2.24) is 0 Å². The van der Waals surface area contributed by atoms with E-state index in [2.05, 4.69) is 0 Å². The Morgan fingerprint density at radius 2 is 1.88 bits per heavy atom. The number of carboxylic acids is 1. The summed E-state index contributed by atoms with van der Waals surface area (Å²) in [6, 6.07) is 11.8. The lowest BCUT2D eigenvalue weighted by Gasteiger charge is -2.14. The SMILES string of the molecule is CO/C=C(/C(=O)O)c1ccccc1COc1cc(C=O)ccc1OC. The van der Waals surface area contributed by atoms with Crippen molar-refractivity contribution in [2.24, 2.45) is 0 Å². The number of hydrogen-bond acceptors (Lipinski definition) is 5. The van der Waals surface area contributed by atoms with Crippen molar-refractivity contribution >= 4 is 17.8 Å². The molecule has 2 aromatic rings. The summed E-state index contributed by atoms with van der Waals surface area (Å²) < 4.78 is 15.8. The van der Waals surface area contributed by atoms with E-state index in [1.54, 1.807) is 42.5 Å². The number of benzene rings is 2. The molecule has 0 aromatic heterocycles. The molecule has 0 radical (unpaired) electrons. The average Bonchev–Trinajstić information content (AvgIpc) is 2.64. The van der Waals surface area contributed by atoms with Gasteiger partial charge in [-0.25, -0.2) is 4.79 Å². The van der Waals surface area contributed by atoms with E-state index in [1.807, 2.05) is 0 Å². The van der Waals surface area contributed by atoms with Gasteiger partial charge in [0.1, 0.15) is 18.5 Å². The number of carbonyl (C=O) groups is 2. The van der Waals surface area contributed by atoms with Gasteiger partial charge in [0.15, 0.2) is 11.5 Å². The minimum absolute atomic E-state index is 0.0234. The number of rotatable bonds is 8. The van der Waals surface area contributed by atoms with Crippen LogP contribution in [0.15, 0.2) is 48.7 Å². The van der Waals surface area contributed by atoms with Crippen molar-refractivity contribution in [1.29, 1.82) is 0 Å². The van der Waals surface area contributed by atoms with E-state index < -0.39 is 5.97 Å². The lowest BCUT2D eigenvalue weighted by molar-refractivity contribution is -0.130. The van der Waals surface area contributed by atoms with E-state index in [0.29, 0.717) is 34.5 Å². The fraction of sp³-hybridized carbons (Fsp3) is 0.158. The molecule has 0 heterocycles. The summed E-state index contributed by atoms with van der Waals surface area (Å²) >= 11 is 0. The van der Waals surface area contributed by atoms with Gasteiger partial charge in [-0.3, -0.25) is 4.79 Å². The second-order valence-corrected chi connectivity index (χ2v) is 5.05. The third-order valence-electron chi connectivity index (χ3n) is 3.48. The lowest BCUT2D eigenvalue weighted by Crippen LogP contribution is -2.06. The Morgan fingerprint density at radius 3 is 2.52 bits per heavy atom. The third kappa shape index (κ3) is 4.38. The Hall–Kier alpha value is -3.28. The highest BCUT2D eigenvalue weighted by molar-refractivity contribution is 6.15.